The van der Waals surface area contributed by atoms with Crippen molar-refractivity contribution in [2.45, 2.75) is 24.3 Å². The number of fused-ring (bicyclic) bond motifs is 1. The van der Waals surface area contributed by atoms with E-state index in [2.05, 4.69) is 27.0 Å². The molecule has 2 aromatic heterocycles. The molecule has 0 saturated heterocycles. The average molecular weight is 479 g/mol. The van der Waals surface area contributed by atoms with Crippen molar-refractivity contribution in [3.05, 3.63) is 69.6 Å². The van der Waals surface area contributed by atoms with Gasteiger partial charge in [-0.2, -0.15) is 0 Å². The molecule has 0 fully saturated rings. The number of hydrogen-bond donors (Lipinski definition) is 1. The van der Waals surface area contributed by atoms with Crippen LogP contribution in [0.3, 0.4) is 0 Å². The third-order valence-electron chi connectivity index (χ3n) is 4.53. The molecule has 0 aliphatic heterocycles. The number of alkyl halides is 1. The minimum absolute atomic E-state index is 0.281. The number of rotatable bonds is 5. The van der Waals surface area contributed by atoms with Gasteiger partial charge in [0.15, 0.2) is 0 Å². The summed E-state index contributed by atoms with van der Waals surface area (Å²) in [6.45, 7) is 1.89. The number of nitrogens with zero attached hydrogens (tertiary/aromatic N) is 2. The van der Waals surface area contributed by atoms with E-state index in [1.54, 1.807) is 6.33 Å². The zero-order chi connectivity index (χ0) is 19.8. The monoisotopic (exact) mass is 477 g/mol. The second kappa shape index (κ2) is 7.73. The first kappa shape index (κ1) is 19.2. The number of primary amides is 1. The van der Waals surface area contributed by atoms with E-state index in [0.717, 1.165) is 28.4 Å². The van der Waals surface area contributed by atoms with Crippen molar-refractivity contribution >= 4 is 50.9 Å². The molecule has 2 N–H and O–H groups in total. The highest BCUT2D eigenvalue weighted by Gasteiger charge is 2.23. The maximum absolute atomic E-state index is 12.0. The summed E-state index contributed by atoms with van der Waals surface area (Å²) < 4.78 is 8.03. The quantitative estimate of drug-likeness (QED) is 0.515. The molecule has 0 bridgehead atoms. The summed E-state index contributed by atoms with van der Waals surface area (Å²) in [6, 6.07) is 9.30. The number of carbonyl (C=O) groups is 1. The van der Waals surface area contributed by atoms with Crippen molar-refractivity contribution < 1.29 is 9.53 Å². The van der Waals surface area contributed by atoms with Gasteiger partial charge >= 0.3 is 0 Å². The van der Waals surface area contributed by atoms with Crippen LogP contribution < -0.4 is 10.5 Å². The third-order valence-corrected chi connectivity index (χ3v) is 6.63. The van der Waals surface area contributed by atoms with E-state index in [9.17, 15) is 4.79 Å². The van der Waals surface area contributed by atoms with Gasteiger partial charge in [-0.3, -0.25) is 9.36 Å². The number of benzene rings is 1. The molecule has 1 unspecified atom stereocenters. The first-order chi connectivity index (χ1) is 13.4. The van der Waals surface area contributed by atoms with E-state index in [0.29, 0.717) is 15.6 Å². The number of nitrogens with two attached hydrogens (primary N) is 1. The van der Waals surface area contributed by atoms with E-state index in [4.69, 9.17) is 22.1 Å². The summed E-state index contributed by atoms with van der Waals surface area (Å²) in [5.41, 5.74) is 8.45. The first-order valence-electron chi connectivity index (χ1n) is 8.67. The highest BCUT2D eigenvalue weighted by atomic mass is 79.9. The third kappa shape index (κ3) is 3.62. The van der Waals surface area contributed by atoms with Gasteiger partial charge in [0.05, 0.1) is 11.4 Å². The molecule has 2 atom stereocenters. The summed E-state index contributed by atoms with van der Waals surface area (Å²) in [5.74, 6) is -0.0804. The van der Waals surface area contributed by atoms with Gasteiger partial charge in [0.25, 0.3) is 5.91 Å². The number of hydrogen-bond acceptors (Lipinski definition) is 4. The number of amides is 1. The number of imidazole rings is 1. The van der Waals surface area contributed by atoms with Crippen LogP contribution in [0.25, 0.3) is 11.1 Å². The van der Waals surface area contributed by atoms with Crippen LogP contribution in [0.2, 0.25) is 5.02 Å². The van der Waals surface area contributed by atoms with Crippen LogP contribution in [0.4, 0.5) is 0 Å². The van der Waals surface area contributed by atoms with Crippen molar-refractivity contribution in [1.29, 1.82) is 0 Å². The molecule has 2 heterocycles. The minimum Gasteiger partial charge on any atom is -0.484 e. The molecular weight excluding hydrogens is 462 g/mol. The van der Waals surface area contributed by atoms with Crippen molar-refractivity contribution in [2.75, 3.05) is 0 Å². The molecule has 0 radical (unpaired) electrons. The highest BCUT2D eigenvalue weighted by molar-refractivity contribution is 9.09. The van der Waals surface area contributed by atoms with Crippen molar-refractivity contribution in [3.63, 3.8) is 0 Å². The Hall–Kier alpha value is -2.09. The van der Waals surface area contributed by atoms with Gasteiger partial charge in [0.1, 0.15) is 28.1 Å². The molecule has 28 heavy (non-hydrogen) atoms. The van der Waals surface area contributed by atoms with Gasteiger partial charge in [0, 0.05) is 27.9 Å². The van der Waals surface area contributed by atoms with E-state index in [1.165, 1.54) is 11.3 Å². The lowest BCUT2D eigenvalue weighted by atomic mass is 10.1. The number of thiophene rings is 1. The number of carbonyl (C=O) groups excluding carboxylic acids is 1. The molecule has 8 heteroatoms. The fourth-order valence-electron chi connectivity index (χ4n) is 3.15. The zero-order valence-electron chi connectivity index (χ0n) is 14.9. The van der Waals surface area contributed by atoms with Gasteiger partial charge in [-0.1, -0.05) is 51.8 Å². The van der Waals surface area contributed by atoms with Gasteiger partial charge in [-0.15, -0.1) is 11.3 Å². The second-order valence-electron chi connectivity index (χ2n) is 6.45. The normalized spacial score (nSPS) is 16.6. The number of allylic oxidation sites excluding steroid dienone is 1. The van der Waals surface area contributed by atoms with Crippen molar-refractivity contribution in [1.82, 2.24) is 9.55 Å². The predicted molar refractivity (Wildman–Crippen MR) is 116 cm³/mol. The van der Waals surface area contributed by atoms with E-state index >= 15 is 0 Å². The van der Waals surface area contributed by atoms with Crippen LogP contribution in [0.15, 0.2) is 42.7 Å². The van der Waals surface area contributed by atoms with E-state index < -0.39 is 5.91 Å². The summed E-state index contributed by atoms with van der Waals surface area (Å²) >= 11 is 11.1. The molecule has 1 aliphatic carbocycles. The Kier molecular flexibility index (Phi) is 5.31. The average Bonchev–Trinajstić information content (AvgIpc) is 3.25. The van der Waals surface area contributed by atoms with E-state index in [1.807, 2.05) is 47.9 Å². The second-order valence-corrected chi connectivity index (χ2v) is 9.06. The summed E-state index contributed by atoms with van der Waals surface area (Å²) in [5, 5.41) is 1.44. The fraction of sp³-hybridized carbons (Fsp3) is 0.200. The number of halogens is 2. The highest BCUT2D eigenvalue weighted by Crippen LogP contribution is 2.37. The standard InChI is InChI=1S/C20H17BrClN3O2S/c1-11(13-4-2-3-5-14(13)22)27-17-9-18(28-19(17)20(23)26)25-10-24-15-8-12(21)6-7-16(15)25/h2-7,9-12H,8H2,1H3,(H2,23,26)/t11-,12?/m1/s1. The van der Waals surface area contributed by atoms with Crippen molar-refractivity contribution in [2.24, 2.45) is 5.73 Å². The Balaban J connectivity index is 1.69. The number of aromatic nitrogens is 2. The van der Waals surface area contributed by atoms with Gasteiger partial charge in [-0.25, -0.2) is 4.98 Å². The Bertz CT molecular complexity index is 1080. The molecule has 0 spiro atoms. The van der Waals surface area contributed by atoms with Crippen LogP contribution >= 0.6 is 38.9 Å². The van der Waals surface area contributed by atoms with Crippen LogP contribution in [0.1, 0.15) is 39.7 Å². The maximum atomic E-state index is 12.0. The SMILES string of the molecule is C[C@@H](Oc1cc(-n2cnc3c2C=CC(Br)C3)sc1C(N)=O)c1ccccc1Cl. The summed E-state index contributed by atoms with van der Waals surface area (Å²) in [7, 11) is 0. The maximum Gasteiger partial charge on any atom is 0.262 e. The largest absolute Gasteiger partial charge is 0.484 e. The molecule has 4 rings (SSSR count). The topological polar surface area (TPSA) is 70.1 Å². The molecule has 5 nitrogen and oxygen atoms in total. The zero-order valence-corrected chi connectivity index (χ0v) is 18.1. The molecule has 0 saturated carbocycles. The lowest BCUT2D eigenvalue weighted by Gasteiger charge is -2.16. The molecule has 144 valence electrons. The van der Waals surface area contributed by atoms with Crippen LogP contribution in [-0.4, -0.2) is 20.3 Å². The molecule has 1 aromatic carbocycles. The molecule has 1 aliphatic rings. The fourth-order valence-corrected chi connectivity index (χ4v) is 4.83. The lowest BCUT2D eigenvalue weighted by molar-refractivity contribution is 0.0998. The van der Waals surface area contributed by atoms with Crippen LogP contribution in [-0.2, 0) is 6.42 Å². The van der Waals surface area contributed by atoms with Crippen LogP contribution in [0, 0.1) is 0 Å². The Morgan fingerprint density at radius 3 is 3.00 bits per heavy atom. The van der Waals surface area contributed by atoms with Gasteiger partial charge < -0.3 is 10.5 Å². The molecular formula is C20H17BrClN3O2S. The van der Waals surface area contributed by atoms with Crippen LogP contribution in [0.5, 0.6) is 5.75 Å². The Labute approximate surface area is 179 Å². The molecule has 1 amide bonds. The smallest absolute Gasteiger partial charge is 0.262 e. The van der Waals surface area contributed by atoms with Crippen molar-refractivity contribution in [3.8, 4) is 10.8 Å². The molecule has 3 aromatic rings. The Morgan fingerprint density at radius 1 is 1.46 bits per heavy atom. The number of ether oxygens (including phenoxy) is 1. The summed E-state index contributed by atoms with van der Waals surface area (Å²) in [4.78, 5) is 17.2. The summed E-state index contributed by atoms with van der Waals surface area (Å²) in [6.07, 6.45) is 6.36. The van der Waals surface area contributed by atoms with E-state index in [-0.39, 0.29) is 10.9 Å². The lowest BCUT2D eigenvalue weighted by Crippen LogP contribution is -2.12. The first-order valence-corrected chi connectivity index (χ1v) is 10.8. The Morgan fingerprint density at radius 2 is 2.25 bits per heavy atom. The minimum atomic E-state index is -0.525. The predicted octanol–water partition coefficient (Wildman–Crippen LogP) is 5.16. The van der Waals surface area contributed by atoms with Gasteiger partial charge in [0.2, 0.25) is 0 Å². The van der Waals surface area contributed by atoms with Gasteiger partial charge in [-0.05, 0) is 19.1 Å².